The second-order valence-corrected chi connectivity index (χ2v) is 5.99. The second-order valence-electron chi connectivity index (χ2n) is 5.99. The molecule has 17 heavy (non-hydrogen) atoms. The second kappa shape index (κ2) is 3.87. The minimum atomic E-state index is -2.41. The Morgan fingerprint density at radius 3 is 2.41 bits per heavy atom. The van der Waals surface area contributed by atoms with Gasteiger partial charge in [-0.25, -0.2) is 8.78 Å². The first kappa shape index (κ1) is 11.8. The first-order valence-corrected chi connectivity index (χ1v) is 6.57. The van der Waals surface area contributed by atoms with E-state index >= 15 is 0 Å². The lowest BCUT2D eigenvalue weighted by atomic mass is 9.77. The van der Waals surface area contributed by atoms with E-state index in [0.29, 0.717) is 12.8 Å². The molecule has 0 bridgehead atoms. The molecule has 3 aliphatic rings. The van der Waals surface area contributed by atoms with Crippen molar-refractivity contribution in [2.24, 2.45) is 11.1 Å². The van der Waals surface area contributed by atoms with Crippen LogP contribution in [-0.2, 0) is 4.84 Å². The molecule has 2 atom stereocenters. The van der Waals surface area contributed by atoms with Crippen molar-refractivity contribution >= 4 is 0 Å². The van der Waals surface area contributed by atoms with Gasteiger partial charge in [0.05, 0.1) is 6.10 Å². The van der Waals surface area contributed by atoms with Crippen molar-refractivity contribution in [3.63, 3.8) is 0 Å². The highest BCUT2D eigenvalue weighted by molar-refractivity contribution is 5.18. The normalized spacial score (nSPS) is 47.8. The fourth-order valence-electron chi connectivity index (χ4n) is 3.25. The number of hydroxylamine groups is 1. The van der Waals surface area contributed by atoms with Gasteiger partial charge < -0.3 is 5.73 Å². The van der Waals surface area contributed by atoms with Crippen molar-refractivity contribution in [3.8, 4) is 0 Å². The van der Waals surface area contributed by atoms with Gasteiger partial charge in [-0.15, -0.1) is 0 Å². The van der Waals surface area contributed by atoms with Gasteiger partial charge in [0.1, 0.15) is 0 Å². The number of nitrogens with two attached hydrogens (primary N) is 1. The maximum atomic E-state index is 13.0. The molecule has 98 valence electrons. The molecule has 3 aliphatic carbocycles. The van der Waals surface area contributed by atoms with E-state index in [2.05, 4.69) is 5.48 Å². The fraction of sp³-hybridized carbons (Fsp3) is 1.00. The zero-order valence-corrected chi connectivity index (χ0v) is 9.92. The van der Waals surface area contributed by atoms with Gasteiger partial charge in [0.2, 0.25) is 0 Å². The highest BCUT2D eigenvalue weighted by atomic mass is 19.3. The van der Waals surface area contributed by atoms with Crippen LogP contribution in [-0.4, -0.2) is 24.1 Å². The van der Waals surface area contributed by atoms with Gasteiger partial charge in [-0.05, 0) is 25.7 Å². The molecule has 0 saturated heterocycles. The number of halogens is 2. The van der Waals surface area contributed by atoms with Crippen LogP contribution in [0.5, 0.6) is 0 Å². The molecular formula is C12H20F2N2O. The first-order chi connectivity index (χ1) is 8.02. The molecule has 1 spiro atoms. The van der Waals surface area contributed by atoms with Crippen LogP contribution < -0.4 is 11.2 Å². The van der Waals surface area contributed by atoms with Gasteiger partial charge in [0, 0.05) is 23.9 Å². The first-order valence-electron chi connectivity index (χ1n) is 6.57. The van der Waals surface area contributed by atoms with E-state index in [1.165, 1.54) is 6.42 Å². The number of hydrogen-bond acceptors (Lipinski definition) is 3. The summed E-state index contributed by atoms with van der Waals surface area (Å²) < 4.78 is 25.9. The molecule has 3 N–H and O–H groups in total. The molecule has 5 heteroatoms. The lowest BCUT2D eigenvalue weighted by Gasteiger charge is -2.38. The summed E-state index contributed by atoms with van der Waals surface area (Å²) >= 11 is 0. The summed E-state index contributed by atoms with van der Waals surface area (Å²) in [5, 5.41) is 0. The van der Waals surface area contributed by atoms with Gasteiger partial charge in [-0.3, -0.25) is 4.84 Å². The summed E-state index contributed by atoms with van der Waals surface area (Å²) in [6.45, 7) is 0. The molecule has 0 heterocycles. The van der Waals surface area contributed by atoms with Crippen molar-refractivity contribution in [1.29, 1.82) is 0 Å². The standard InChI is InChI=1S/C12H20F2N2O/c13-12(14)7-11(12)5-8(6-11)16-17-10-4-2-1-3-9(10)15/h8-10,16H,1-7,15H2. The van der Waals surface area contributed by atoms with Crippen LogP contribution in [0.2, 0.25) is 0 Å². The molecular weight excluding hydrogens is 226 g/mol. The Morgan fingerprint density at radius 1 is 1.18 bits per heavy atom. The maximum absolute atomic E-state index is 13.0. The highest BCUT2D eigenvalue weighted by Crippen LogP contribution is 2.70. The van der Waals surface area contributed by atoms with Crippen molar-refractivity contribution in [2.75, 3.05) is 0 Å². The zero-order valence-electron chi connectivity index (χ0n) is 9.92. The zero-order chi connectivity index (χ0) is 12.1. The van der Waals surface area contributed by atoms with Crippen LogP contribution in [0, 0.1) is 5.41 Å². The smallest absolute Gasteiger partial charge is 0.254 e. The molecule has 0 aromatic heterocycles. The van der Waals surface area contributed by atoms with Gasteiger partial charge in [-0.1, -0.05) is 12.8 Å². The molecule has 0 aromatic carbocycles. The molecule has 3 saturated carbocycles. The number of nitrogens with one attached hydrogen (secondary N) is 1. The van der Waals surface area contributed by atoms with Gasteiger partial charge in [0.15, 0.2) is 0 Å². The van der Waals surface area contributed by atoms with Crippen LogP contribution in [0.1, 0.15) is 44.9 Å². The summed E-state index contributed by atoms with van der Waals surface area (Å²) in [7, 11) is 0. The summed E-state index contributed by atoms with van der Waals surface area (Å²) in [6, 6.07) is 0.185. The maximum Gasteiger partial charge on any atom is 0.254 e. The third kappa shape index (κ3) is 1.98. The van der Waals surface area contributed by atoms with Crippen LogP contribution >= 0.6 is 0 Å². The average Bonchev–Trinajstić information content (AvgIpc) is 2.79. The minimum Gasteiger partial charge on any atom is -0.325 e. The quantitative estimate of drug-likeness (QED) is 0.748. The summed E-state index contributed by atoms with van der Waals surface area (Å²) in [5.41, 5.74) is 8.21. The largest absolute Gasteiger partial charge is 0.325 e. The fourth-order valence-corrected chi connectivity index (χ4v) is 3.25. The van der Waals surface area contributed by atoms with Crippen molar-refractivity contribution < 1.29 is 13.6 Å². The molecule has 3 nitrogen and oxygen atoms in total. The molecule has 0 aromatic rings. The number of hydrogen-bond donors (Lipinski definition) is 2. The molecule has 2 unspecified atom stereocenters. The number of rotatable bonds is 3. The van der Waals surface area contributed by atoms with E-state index in [4.69, 9.17) is 10.6 Å². The molecule has 3 rings (SSSR count). The van der Waals surface area contributed by atoms with Crippen LogP contribution in [0.3, 0.4) is 0 Å². The summed E-state index contributed by atoms with van der Waals surface area (Å²) in [4.78, 5) is 5.57. The van der Waals surface area contributed by atoms with E-state index in [9.17, 15) is 8.78 Å². The predicted molar refractivity (Wildman–Crippen MR) is 59.5 cm³/mol. The van der Waals surface area contributed by atoms with Crippen molar-refractivity contribution in [1.82, 2.24) is 5.48 Å². The van der Waals surface area contributed by atoms with E-state index in [-0.39, 0.29) is 24.6 Å². The molecule has 0 radical (unpaired) electrons. The highest BCUT2D eigenvalue weighted by Gasteiger charge is 2.75. The van der Waals surface area contributed by atoms with Crippen molar-refractivity contribution in [3.05, 3.63) is 0 Å². The lowest BCUT2D eigenvalue weighted by molar-refractivity contribution is -0.102. The predicted octanol–water partition coefficient (Wildman–Crippen LogP) is 1.97. The van der Waals surface area contributed by atoms with Crippen LogP contribution in [0.25, 0.3) is 0 Å². The summed E-state index contributed by atoms with van der Waals surface area (Å²) in [6.07, 6.45) is 5.50. The van der Waals surface area contributed by atoms with Gasteiger partial charge >= 0.3 is 0 Å². The van der Waals surface area contributed by atoms with E-state index in [1.807, 2.05) is 0 Å². The Balaban J connectivity index is 1.39. The van der Waals surface area contributed by atoms with E-state index in [1.54, 1.807) is 0 Å². The average molecular weight is 246 g/mol. The Hall–Kier alpha value is -0.260. The molecule has 3 fully saturated rings. The minimum absolute atomic E-state index is 0.0556. The third-order valence-corrected chi connectivity index (χ3v) is 4.63. The monoisotopic (exact) mass is 246 g/mol. The topological polar surface area (TPSA) is 47.3 Å². The van der Waals surface area contributed by atoms with E-state index in [0.717, 1.165) is 19.3 Å². The number of alkyl halides is 2. The Labute approximate surface area is 100 Å². The molecule has 0 aliphatic heterocycles. The van der Waals surface area contributed by atoms with Crippen molar-refractivity contribution in [2.45, 2.75) is 69.1 Å². The SMILES string of the molecule is NC1CCCCC1ONC1CC2(C1)CC2(F)F. The Morgan fingerprint density at radius 2 is 1.82 bits per heavy atom. The van der Waals surface area contributed by atoms with E-state index < -0.39 is 11.3 Å². The lowest BCUT2D eigenvalue weighted by Crippen LogP contribution is -2.49. The summed E-state index contributed by atoms with van der Waals surface area (Å²) in [5.74, 6) is -2.41. The van der Waals surface area contributed by atoms with Crippen LogP contribution in [0.4, 0.5) is 8.78 Å². The van der Waals surface area contributed by atoms with Gasteiger partial charge in [0.25, 0.3) is 5.92 Å². The third-order valence-electron chi connectivity index (χ3n) is 4.63. The molecule has 0 amide bonds. The van der Waals surface area contributed by atoms with Crippen LogP contribution in [0.15, 0.2) is 0 Å². The van der Waals surface area contributed by atoms with Gasteiger partial charge in [-0.2, -0.15) is 5.48 Å². The Kier molecular flexibility index (Phi) is 2.69. The Bertz CT molecular complexity index is 305.